The second kappa shape index (κ2) is 13.1. The Bertz CT molecular complexity index is 1030. The van der Waals surface area contributed by atoms with E-state index in [1.54, 1.807) is 24.3 Å². The maximum Gasteiger partial charge on any atom is 0.404 e. The molecule has 0 aliphatic rings. The van der Waals surface area contributed by atoms with E-state index in [2.05, 4.69) is 5.32 Å². The van der Waals surface area contributed by atoms with Gasteiger partial charge in [-0.05, 0) is 56.0 Å². The van der Waals surface area contributed by atoms with Crippen molar-refractivity contribution in [1.29, 1.82) is 0 Å². The third-order valence-electron chi connectivity index (χ3n) is 5.35. The van der Waals surface area contributed by atoms with Gasteiger partial charge in [-0.2, -0.15) is 4.31 Å². The van der Waals surface area contributed by atoms with Crippen LogP contribution in [0.2, 0.25) is 0 Å². The van der Waals surface area contributed by atoms with E-state index < -0.39 is 28.3 Å². The third-order valence-corrected chi connectivity index (χ3v) is 7.23. The number of rotatable bonds is 14. The normalized spacial score (nSPS) is 13.3. The van der Waals surface area contributed by atoms with Crippen molar-refractivity contribution in [1.82, 2.24) is 9.62 Å². The number of sulfonamides is 1. The van der Waals surface area contributed by atoms with Gasteiger partial charge in [0.25, 0.3) is 0 Å². The van der Waals surface area contributed by atoms with E-state index >= 15 is 0 Å². The lowest BCUT2D eigenvalue weighted by Gasteiger charge is -2.29. The number of benzene rings is 2. The van der Waals surface area contributed by atoms with Gasteiger partial charge in [-0.25, -0.2) is 13.2 Å². The summed E-state index contributed by atoms with van der Waals surface area (Å²) < 4.78 is 33.0. The molecule has 0 fully saturated rings. The number of carboxylic acid groups (broad SMARTS) is 1. The van der Waals surface area contributed by atoms with Gasteiger partial charge in [0.2, 0.25) is 10.0 Å². The van der Waals surface area contributed by atoms with E-state index in [0.717, 1.165) is 9.87 Å². The molecule has 0 unspecified atom stereocenters. The summed E-state index contributed by atoms with van der Waals surface area (Å²) in [4.78, 5) is 22.6. The second-order valence-corrected chi connectivity index (χ2v) is 9.95. The molecule has 2 aromatic carbocycles. The van der Waals surface area contributed by atoms with Crippen LogP contribution in [0, 0.1) is 0 Å². The molecule has 0 heterocycles. The maximum absolute atomic E-state index is 13.4. The zero-order valence-corrected chi connectivity index (χ0v) is 20.2. The van der Waals surface area contributed by atoms with Crippen LogP contribution in [0.25, 0.3) is 0 Å². The van der Waals surface area contributed by atoms with Crippen LogP contribution in [0.4, 0.5) is 4.79 Å². The van der Waals surface area contributed by atoms with Gasteiger partial charge in [0.1, 0.15) is 11.5 Å². The van der Waals surface area contributed by atoms with Crippen LogP contribution in [-0.2, 0) is 21.2 Å². The van der Waals surface area contributed by atoms with Crippen molar-refractivity contribution < 1.29 is 33.0 Å². The van der Waals surface area contributed by atoms with Gasteiger partial charge >= 0.3 is 6.09 Å². The van der Waals surface area contributed by atoms with E-state index in [1.807, 2.05) is 6.07 Å². The zero-order chi connectivity index (χ0) is 25.1. The monoisotopic (exact) mass is 492 g/mol. The second-order valence-electron chi connectivity index (χ2n) is 8.01. The Kier molecular flexibility index (Phi) is 10.5. The number of amides is 1. The summed E-state index contributed by atoms with van der Waals surface area (Å²) in [6.07, 6.45) is -1.19. The number of ketones is 1. The molecule has 0 saturated heterocycles. The Balaban J connectivity index is 2.26. The maximum atomic E-state index is 13.4. The predicted molar refractivity (Wildman–Crippen MR) is 127 cm³/mol. The summed E-state index contributed by atoms with van der Waals surface area (Å²) in [6.45, 7) is 1.23. The van der Waals surface area contributed by atoms with E-state index in [9.17, 15) is 28.2 Å². The lowest BCUT2D eigenvalue weighted by molar-refractivity contribution is -0.117. The van der Waals surface area contributed by atoms with E-state index in [4.69, 9.17) is 4.74 Å². The summed E-state index contributed by atoms with van der Waals surface area (Å²) in [5, 5.41) is 22.5. The quantitative estimate of drug-likeness (QED) is 0.345. The van der Waals surface area contributed by atoms with Gasteiger partial charge in [0.05, 0.1) is 24.2 Å². The smallest absolute Gasteiger partial charge is 0.404 e. The minimum Gasteiger partial charge on any atom is -0.497 e. The third kappa shape index (κ3) is 8.44. The lowest BCUT2D eigenvalue weighted by Crippen LogP contribution is -2.50. The van der Waals surface area contributed by atoms with Crippen LogP contribution in [0.3, 0.4) is 0 Å². The molecule has 0 bridgehead atoms. The van der Waals surface area contributed by atoms with Crippen molar-refractivity contribution in [2.75, 3.05) is 20.2 Å². The highest BCUT2D eigenvalue weighted by molar-refractivity contribution is 7.89. The lowest BCUT2D eigenvalue weighted by atomic mass is 10.0. The average molecular weight is 493 g/mol. The van der Waals surface area contributed by atoms with Crippen molar-refractivity contribution in [3.8, 4) is 5.75 Å². The molecule has 0 spiro atoms. The molecule has 34 heavy (non-hydrogen) atoms. The molecule has 9 nitrogen and oxygen atoms in total. The molecule has 0 aliphatic carbocycles. The van der Waals surface area contributed by atoms with Gasteiger partial charge < -0.3 is 25.1 Å². The van der Waals surface area contributed by atoms with E-state index in [1.165, 1.54) is 38.3 Å². The summed E-state index contributed by atoms with van der Waals surface area (Å²) in [6, 6.07) is 14.0. The molecule has 0 aliphatic heterocycles. The standard InChI is InChI=1S/C24H32N2O7S/c1-18(27)8-6-7-15-26(34(31,32)21-13-11-20(33-2)12-14-21)17-23(28)22(25-24(29)30)16-19-9-4-3-5-10-19/h3-5,9-14,22-23,25,28H,6-8,15-17H2,1-2H3,(H,29,30)/t22-,23+/m0/s1. The Morgan fingerprint density at radius 3 is 2.26 bits per heavy atom. The number of methoxy groups -OCH3 is 1. The molecule has 0 radical (unpaired) electrons. The molecule has 1 amide bonds. The Hall–Kier alpha value is -2.95. The fourth-order valence-corrected chi connectivity index (χ4v) is 5.01. The van der Waals surface area contributed by atoms with Gasteiger partial charge in [0, 0.05) is 19.5 Å². The first-order chi connectivity index (χ1) is 16.1. The first-order valence-corrected chi connectivity index (χ1v) is 12.4. The SMILES string of the molecule is COc1ccc(S(=O)(=O)N(CCCCC(C)=O)C[C@@H](O)[C@H](Cc2ccccc2)NC(=O)O)cc1. The van der Waals surface area contributed by atoms with Crippen LogP contribution in [0.5, 0.6) is 5.75 Å². The molecule has 186 valence electrons. The fourth-order valence-electron chi connectivity index (χ4n) is 3.51. The van der Waals surface area contributed by atoms with Gasteiger partial charge in [-0.15, -0.1) is 0 Å². The zero-order valence-electron chi connectivity index (χ0n) is 19.4. The Labute approximate surface area is 200 Å². The molecule has 10 heteroatoms. The highest BCUT2D eigenvalue weighted by atomic mass is 32.2. The van der Waals surface area contributed by atoms with Crippen molar-refractivity contribution in [3.63, 3.8) is 0 Å². The number of aliphatic hydroxyl groups is 1. The first-order valence-electron chi connectivity index (χ1n) is 11.0. The number of aliphatic hydroxyl groups excluding tert-OH is 1. The number of carbonyl (C=O) groups is 2. The number of hydrogen-bond acceptors (Lipinski definition) is 6. The highest BCUT2D eigenvalue weighted by Gasteiger charge is 2.30. The summed E-state index contributed by atoms with van der Waals surface area (Å²) in [5.41, 5.74) is 0.798. The first kappa shape index (κ1) is 27.3. The fraction of sp³-hybridized carbons (Fsp3) is 0.417. The highest BCUT2D eigenvalue weighted by Crippen LogP contribution is 2.21. The van der Waals surface area contributed by atoms with Crippen molar-refractivity contribution in [2.45, 2.75) is 49.6 Å². The minimum absolute atomic E-state index is 0.0122. The van der Waals surface area contributed by atoms with E-state index in [0.29, 0.717) is 25.0 Å². The molecule has 0 aromatic heterocycles. The Morgan fingerprint density at radius 2 is 1.71 bits per heavy atom. The molecule has 3 N–H and O–H groups in total. The summed E-state index contributed by atoms with van der Waals surface area (Å²) in [5.74, 6) is 0.513. The number of nitrogens with one attached hydrogen (secondary N) is 1. The number of unbranched alkanes of at least 4 members (excludes halogenated alkanes) is 1. The van der Waals surface area contributed by atoms with Gasteiger partial charge in [-0.3, -0.25) is 0 Å². The van der Waals surface area contributed by atoms with E-state index in [-0.39, 0.29) is 30.2 Å². The van der Waals surface area contributed by atoms with Crippen LogP contribution in [0.1, 0.15) is 31.7 Å². The van der Waals surface area contributed by atoms with Crippen LogP contribution in [0.15, 0.2) is 59.5 Å². The number of nitrogens with zero attached hydrogens (tertiary/aromatic N) is 1. The number of Topliss-reactive ketones (excluding diaryl/α,β-unsaturated/α-hetero) is 1. The molecule has 2 atom stereocenters. The summed E-state index contributed by atoms with van der Waals surface area (Å²) in [7, 11) is -2.52. The van der Waals surface area contributed by atoms with Crippen LogP contribution in [-0.4, -0.2) is 67.2 Å². The van der Waals surface area contributed by atoms with Crippen LogP contribution < -0.4 is 10.1 Å². The van der Waals surface area contributed by atoms with Crippen LogP contribution >= 0.6 is 0 Å². The topological polar surface area (TPSA) is 133 Å². The predicted octanol–water partition coefficient (Wildman–Crippen LogP) is 2.68. The minimum atomic E-state index is -4.00. The summed E-state index contributed by atoms with van der Waals surface area (Å²) >= 11 is 0. The van der Waals surface area contributed by atoms with Gasteiger partial charge in [-0.1, -0.05) is 30.3 Å². The Morgan fingerprint density at radius 1 is 1.06 bits per heavy atom. The largest absolute Gasteiger partial charge is 0.497 e. The molecule has 0 saturated carbocycles. The number of carbonyl (C=O) groups excluding carboxylic acids is 1. The average Bonchev–Trinajstić information content (AvgIpc) is 2.80. The number of hydrogen-bond donors (Lipinski definition) is 3. The van der Waals surface area contributed by atoms with Crippen molar-refractivity contribution in [2.24, 2.45) is 0 Å². The van der Waals surface area contributed by atoms with Crippen molar-refractivity contribution in [3.05, 3.63) is 60.2 Å². The van der Waals surface area contributed by atoms with Crippen molar-refractivity contribution >= 4 is 21.9 Å². The number of ether oxygens (including phenoxy) is 1. The molecular weight excluding hydrogens is 460 g/mol. The molecule has 2 aromatic rings. The van der Waals surface area contributed by atoms with Gasteiger partial charge in [0.15, 0.2) is 0 Å². The molecule has 2 rings (SSSR count). The molecular formula is C24H32N2O7S.